The Hall–Kier alpha value is -2.11. The van der Waals surface area contributed by atoms with E-state index in [1.54, 1.807) is 6.92 Å². The normalized spacial score (nSPS) is 21.9. The van der Waals surface area contributed by atoms with E-state index in [0.29, 0.717) is 5.57 Å². The van der Waals surface area contributed by atoms with E-state index in [1.807, 2.05) is 13.0 Å². The fourth-order valence-electron chi connectivity index (χ4n) is 2.34. The Morgan fingerprint density at radius 2 is 1.70 bits per heavy atom. The van der Waals surface area contributed by atoms with E-state index in [9.17, 15) is 14.4 Å². The van der Waals surface area contributed by atoms with Crippen LogP contribution in [0.5, 0.6) is 0 Å². The van der Waals surface area contributed by atoms with Crippen LogP contribution in [-0.4, -0.2) is 38.1 Å². The minimum absolute atomic E-state index is 0.127. The first kappa shape index (κ1) is 15.9. The molecule has 0 aromatic carbocycles. The summed E-state index contributed by atoms with van der Waals surface area (Å²) in [6.07, 6.45) is 1.82. The van der Waals surface area contributed by atoms with E-state index in [4.69, 9.17) is 9.47 Å². The topological polar surface area (TPSA) is 81.7 Å². The third-order valence-electron chi connectivity index (χ3n) is 3.17. The summed E-state index contributed by atoms with van der Waals surface area (Å²) in [7, 11) is 2.47. The number of carbonyl (C=O) groups is 3. The number of nitrogens with one attached hydrogen (secondary N) is 1. The van der Waals surface area contributed by atoms with Crippen molar-refractivity contribution in [2.45, 2.75) is 26.8 Å². The Morgan fingerprint density at radius 3 is 2.15 bits per heavy atom. The summed E-state index contributed by atoms with van der Waals surface area (Å²) in [5.41, 5.74) is 0.907. The summed E-state index contributed by atoms with van der Waals surface area (Å²) in [6.45, 7) is 4.92. The number of amides is 1. The van der Waals surface area contributed by atoms with Crippen LogP contribution in [0.3, 0.4) is 0 Å². The van der Waals surface area contributed by atoms with E-state index >= 15 is 0 Å². The smallest absolute Gasteiger partial charge is 0.338 e. The molecule has 0 spiro atoms. The van der Waals surface area contributed by atoms with Gasteiger partial charge in [0.2, 0.25) is 5.91 Å². The molecule has 2 atom stereocenters. The zero-order valence-electron chi connectivity index (χ0n) is 12.3. The van der Waals surface area contributed by atoms with Gasteiger partial charge in [0.05, 0.1) is 31.4 Å². The minimum atomic E-state index is -0.650. The van der Waals surface area contributed by atoms with Crippen molar-refractivity contribution in [3.8, 4) is 0 Å². The third kappa shape index (κ3) is 3.07. The van der Waals surface area contributed by atoms with Gasteiger partial charge in [0.1, 0.15) is 0 Å². The zero-order chi connectivity index (χ0) is 15.4. The largest absolute Gasteiger partial charge is 0.466 e. The van der Waals surface area contributed by atoms with Crippen molar-refractivity contribution in [3.05, 3.63) is 22.8 Å². The first-order valence-electron chi connectivity index (χ1n) is 6.20. The standard InChI is InChI=1S/C14H19NO5/c1-7-6-8(2)12(15-9(3)16)11(14(18)20-5)10(7)13(17)19-4/h6,8,12H,1-5H3,(H,15,16)/t8-,12+/m0/s1. The van der Waals surface area contributed by atoms with Crippen LogP contribution in [0.15, 0.2) is 22.8 Å². The number of rotatable bonds is 3. The summed E-state index contributed by atoms with van der Waals surface area (Å²) in [6, 6.07) is -0.613. The lowest BCUT2D eigenvalue weighted by Gasteiger charge is -2.30. The van der Waals surface area contributed by atoms with Crippen molar-refractivity contribution in [1.82, 2.24) is 5.32 Å². The summed E-state index contributed by atoms with van der Waals surface area (Å²) in [4.78, 5) is 35.2. The molecule has 6 heteroatoms. The molecular formula is C14H19NO5. The highest BCUT2D eigenvalue weighted by Crippen LogP contribution is 2.30. The maximum absolute atomic E-state index is 12.0. The van der Waals surface area contributed by atoms with Crippen LogP contribution in [0.1, 0.15) is 20.8 Å². The molecule has 0 aromatic heterocycles. The molecule has 1 aliphatic carbocycles. The van der Waals surface area contributed by atoms with Gasteiger partial charge in [-0.3, -0.25) is 4.79 Å². The monoisotopic (exact) mass is 281 g/mol. The number of methoxy groups -OCH3 is 2. The summed E-state index contributed by atoms with van der Waals surface area (Å²) in [5, 5.41) is 2.68. The molecule has 110 valence electrons. The Balaban J connectivity index is 3.44. The van der Waals surface area contributed by atoms with Crippen LogP contribution in [0.2, 0.25) is 0 Å². The fourth-order valence-corrected chi connectivity index (χ4v) is 2.34. The number of esters is 2. The van der Waals surface area contributed by atoms with Crippen molar-refractivity contribution in [3.63, 3.8) is 0 Å². The quantitative estimate of drug-likeness (QED) is 0.771. The van der Waals surface area contributed by atoms with Gasteiger partial charge in [0.15, 0.2) is 0 Å². The molecule has 1 rings (SSSR count). The van der Waals surface area contributed by atoms with Crippen molar-refractivity contribution < 1.29 is 23.9 Å². The van der Waals surface area contributed by atoms with Gasteiger partial charge in [0, 0.05) is 6.92 Å². The van der Waals surface area contributed by atoms with Gasteiger partial charge in [-0.15, -0.1) is 0 Å². The highest BCUT2D eigenvalue weighted by molar-refractivity contribution is 6.05. The Labute approximate surface area is 117 Å². The van der Waals surface area contributed by atoms with Gasteiger partial charge in [0.25, 0.3) is 0 Å². The van der Waals surface area contributed by atoms with Crippen LogP contribution in [-0.2, 0) is 23.9 Å². The van der Waals surface area contributed by atoms with E-state index in [2.05, 4.69) is 5.32 Å². The lowest BCUT2D eigenvalue weighted by Crippen LogP contribution is -2.44. The van der Waals surface area contributed by atoms with Gasteiger partial charge in [-0.2, -0.15) is 0 Å². The zero-order valence-corrected chi connectivity index (χ0v) is 12.3. The number of hydrogen-bond donors (Lipinski definition) is 1. The number of carbonyl (C=O) groups excluding carboxylic acids is 3. The van der Waals surface area contributed by atoms with Crippen LogP contribution < -0.4 is 5.32 Å². The molecule has 0 fully saturated rings. The maximum Gasteiger partial charge on any atom is 0.338 e. The van der Waals surface area contributed by atoms with E-state index in [-0.39, 0.29) is 23.0 Å². The molecule has 0 radical (unpaired) electrons. The Kier molecular flexibility index (Phi) is 5.07. The second-order valence-electron chi connectivity index (χ2n) is 4.66. The molecule has 0 saturated heterocycles. The molecule has 0 aliphatic heterocycles. The highest BCUT2D eigenvalue weighted by Gasteiger charge is 2.36. The van der Waals surface area contributed by atoms with Gasteiger partial charge < -0.3 is 14.8 Å². The summed E-state index contributed by atoms with van der Waals surface area (Å²) in [5.74, 6) is -1.70. The SMILES string of the molecule is COC(=O)C1=C(C(=O)OC)[C@H](NC(C)=O)[C@@H](C)C=C1C. The molecule has 20 heavy (non-hydrogen) atoms. The predicted octanol–water partition coefficient (Wildman–Crippen LogP) is 0.730. The van der Waals surface area contributed by atoms with E-state index < -0.39 is 18.0 Å². The average Bonchev–Trinajstić information content (AvgIpc) is 2.39. The average molecular weight is 281 g/mol. The van der Waals surface area contributed by atoms with Gasteiger partial charge in [-0.1, -0.05) is 13.0 Å². The predicted molar refractivity (Wildman–Crippen MR) is 71.6 cm³/mol. The molecule has 0 unspecified atom stereocenters. The van der Waals surface area contributed by atoms with Gasteiger partial charge in [-0.05, 0) is 18.4 Å². The molecule has 0 heterocycles. The summed E-state index contributed by atoms with van der Waals surface area (Å²) < 4.78 is 9.46. The van der Waals surface area contributed by atoms with Crippen LogP contribution >= 0.6 is 0 Å². The Bertz CT molecular complexity index is 504. The first-order valence-corrected chi connectivity index (χ1v) is 6.20. The molecular weight excluding hydrogens is 262 g/mol. The molecule has 1 aliphatic rings. The molecule has 1 N–H and O–H groups in total. The molecule has 6 nitrogen and oxygen atoms in total. The number of ether oxygens (including phenoxy) is 2. The molecule has 1 amide bonds. The van der Waals surface area contributed by atoms with Crippen LogP contribution in [0.25, 0.3) is 0 Å². The van der Waals surface area contributed by atoms with E-state index in [1.165, 1.54) is 21.1 Å². The van der Waals surface area contributed by atoms with E-state index in [0.717, 1.165) is 0 Å². The summed E-state index contributed by atoms with van der Waals surface area (Å²) >= 11 is 0. The first-order chi connectivity index (χ1) is 9.33. The Morgan fingerprint density at radius 1 is 1.15 bits per heavy atom. The van der Waals surface area contributed by atoms with Gasteiger partial charge in [-0.25, -0.2) is 9.59 Å². The number of hydrogen-bond acceptors (Lipinski definition) is 5. The third-order valence-corrected chi connectivity index (χ3v) is 3.17. The second kappa shape index (κ2) is 6.36. The van der Waals surface area contributed by atoms with Crippen molar-refractivity contribution in [1.29, 1.82) is 0 Å². The highest BCUT2D eigenvalue weighted by atomic mass is 16.5. The van der Waals surface area contributed by atoms with Crippen LogP contribution in [0.4, 0.5) is 0 Å². The molecule has 0 aromatic rings. The van der Waals surface area contributed by atoms with Crippen molar-refractivity contribution >= 4 is 17.8 Å². The maximum atomic E-state index is 12.0. The second-order valence-corrected chi connectivity index (χ2v) is 4.66. The molecule has 0 bridgehead atoms. The minimum Gasteiger partial charge on any atom is -0.466 e. The van der Waals surface area contributed by atoms with Crippen LogP contribution in [0, 0.1) is 5.92 Å². The fraction of sp³-hybridized carbons (Fsp3) is 0.500. The van der Waals surface area contributed by atoms with Crippen molar-refractivity contribution in [2.24, 2.45) is 5.92 Å². The lowest BCUT2D eigenvalue weighted by atomic mass is 9.81. The lowest BCUT2D eigenvalue weighted by molar-refractivity contribution is -0.139. The van der Waals surface area contributed by atoms with Crippen molar-refractivity contribution in [2.75, 3.05) is 14.2 Å². The van der Waals surface area contributed by atoms with Gasteiger partial charge >= 0.3 is 11.9 Å². The molecule has 0 saturated carbocycles.